The van der Waals surface area contributed by atoms with Crippen LogP contribution in [0.1, 0.15) is 10.5 Å². The molecule has 1 saturated heterocycles. The molecule has 1 aromatic carbocycles. The molecule has 1 aliphatic rings. The molecule has 0 atom stereocenters. The first-order chi connectivity index (χ1) is 13.1. The summed E-state index contributed by atoms with van der Waals surface area (Å²) in [4.78, 5) is 18.2. The van der Waals surface area contributed by atoms with E-state index < -0.39 is 5.97 Å². The summed E-state index contributed by atoms with van der Waals surface area (Å²) in [5.41, 5.74) is 7.92. The zero-order chi connectivity index (χ0) is 19.0. The quantitative estimate of drug-likeness (QED) is 0.280. The molecule has 1 fully saturated rings. The molecular formula is C17H15BClIN5O2-. The molecule has 3 heterocycles. The number of piperazine rings is 1. The molecule has 1 aliphatic heterocycles. The number of nitrogens with zero attached hydrogens (tertiary/aromatic N) is 4. The Morgan fingerprint density at radius 3 is 2.67 bits per heavy atom. The molecule has 4 rings (SSSR count). The second kappa shape index (κ2) is 7.65. The van der Waals surface area contributed by atoms with Crippen molar-refractivity contribution in [3.05, 3.63) is 41.2 Å². The van der Waals surface area contributed by atoms with Crippen molar-refractivity contribution >= 4 is 40.0 Å². The Bertz CT molecular complexity index is 989. The van der Waals surface area contributed by atoms with Crippen LogP contribution in [0.4, 0.5) is 5.82 Å². The number of aromatic amines is 1. The number of aromatic nitrogens is 3. The zero-order valence-corrected chi connectivity index (χ0v) is 17.1. The molecule has 0 unspecified atom stereocenters. The van der Waals surface area contributed by atoms with Crippen molar-refractivity contribution in [2.45, 2.75) is 0 Å². The van der Waals surface area contributed by atoms with Gasteiger partial charge in [-0.05, 0) is 0 Å². The minimum absolute atomic E-state index is 0.0203. The maximum atomic E-state index is 11.3. The number of carbonyl (C=O) groups is 1. The summed E-state index contributed by atoms with van der Waals surface area (Å²) in [7, 11) is 0. The second-order valence-electron chi connectivity index (χ2n) is 6.15. The number of halogens is 2. The molecule has 10 heteroatoms. The molecule has 2 aromatic heterocycles. The number of pyridine rings is 1. The molecule has 3 aromatic rings. The molecular weight excluding hydrogens is 479 g/mol. The fourth-order valence-electron chi connectivity index (χ4n) is 3.16. The number of anilines is 1. The van der Waals surface area contributed by atoms with Crippen LogP contribution in [0.5, 0.6) is 0 Å². The van der Waals surface area contributed by atoms with Crippen LogP contribution >= 0.6 is 11.6 Å². The van der Waals surface area contributed by atoms with Crippen LogP contribution in [0.25, 0.3) is 22.0 Å². The predicted molar refractivity (Wildman–Crippen MR) is 101 cm³/mol. The molecule has 27 heavy (non-hydrogen) atoms. The van der Waals surface area contributed by atoms with E-state index in [-0.39, 0.29) is 27.0 Å². The monoisotopic (exact) mass is 494 g/mol. The number of carboxylic acid groups (broad SMARTS) is 1. The van der Waals surface area contributed by atoms with Gasteiger partial charge in [0, 0.05) is 0 Å². The van der Waals surface area contributed by atoms with Crippen LogP contribution in [-0.4, -0.2) is 61.3 Å². The molecule has 0 saturated carbocycles. The third-order valence-corrected chi connectivity index (χ3v) is 6.66. The summed E-state index contributed by atoms with van der Waals surface area (Å²) in [6.45, 7) is 3.75. The molecule has 0 amide bonds. The van der Waals surface area contributed by atoms with E-state index in [4.69, 9.17) is 17.3 Å². The van der Waals surface area contributed by atoms with Crippen molar-refractivity contribution in [2.75, 3.05) is 31.1 Å². The van der Waals surface area contributed by atoms with Gasteiger partial charge in [0.05, 0.1) is 0 Å². The Hall–Kier alpha value is -1.85. The van der Waals surface area contributed by atoms with Gasteiger partial charge in [0.2, 0.25) is 0 Å². The van der Waals surface area contributed by atoms with Gasteiger partial charge in [-0.2, -0.15) is 5.10 Å². The molecule has 7 nitrogen and oxygen atoms in total. The van der Waals surface area contributed by atoms with Crippen molar-refractivity contribution in [1.82, 2.24) is 18.3 Å². The number of benzene rings is 1. The van der Waals surface area contributed by atoms with Gasteiger partial charge in [0.1, 0.15) is 0 Å². The van der Waals surface area contributed by atoms with Crippen molar-refractivity contribution < 1.29 is 31.2 Å². The topological polar surface area (TPSA) is 85.4 Å². The standard InChI is InChI=1S/C17H15BClIN5O2/c18-20-25-5-3-24(4-6-25)15-2-1-10(9-21-15)11-7-12-14(8-13(11)19)22-23-16(12)17(26)27/h1-2,7-9H,3-6H2,(H,22,23)(H,26,27)/q-1. The van der Waals surface area contributed by atoms with Gasteiger partial charge >= 0.3 is 153 Å². The van der Waals surface area contributed by atoms with Gasteiger partial charge in [-0.15, -0.1) is 0 Å². The van der Waals surface area contributed by atoms with E-state index >= 15 is 0 Å². The Morgan fingerprint density at radius 1 is 1.26 bits per heavy atom. The van der Waals surface area contributed by atoms with Gasteiger partial charge < -0.3 is 5.11 Å². The third kappa shape index (κ3) is 3.63. The first-order valence-electron chi connectivity index (χ1n) is 8.28. The molecule has 0 aliphatic carbocycles. The summed E-state index contributed by atoms with van der Waals surface area (Å²) in [6.07, 6.45) is 1.77. The van der Waals surface area contributed by atoms with E-state index in [1.807, 2.05) is 12.1 Å². The van der Waals surface area contributed by atoms with Crippen molar-refractivity contribution in [1.29, 1.82) is 0 Å². The Kier molecular flexibility index (Phi) is 5.24. The SMILES string of the molecule is [B][I-]N1CCN(c2ccc(-c3cc4c(C(=O)O)n[nH]c4cc3Cl)cn2)CC1. The van der Waals surface area contributed by atoms with Crippen LogP contribution in [0.15, 0.2) is 30.5 Å². The third-order valence-electron chi connectivity index (χ3n) is 4.60. The van der Waals surface area contributed by atoms with Crippen LogP contribution in [0.3, 0.4) is 0 Å². The van der Waals surface area contributed by atoms with E-state index in [1.165, 1.54) is 0 Å². The van der Waals surface area contributed by atoms with Gasteiger partial charge in [-0.1, -0.05) is 0 Å². The van der Waals surface area contributed by atoms with Gasteiger partial charge in [0.15, 0.2) is 0 Å². The first kappa shape index (κ1) is 18.5. The Morgan fingerprint density at radius 2 is 2.04 bits per heavy atom. The van der Waals surface area contributed by atoms with E-state index in [1.54, 1.807) is 18.3 Å². The number of nitrogens with one attached hydrogen (secondary N) is 1. The maximum absolute atomic E-state index is 11.3. The van der Waals surface area contributed by atoms with E-state index in [9.17, 15) is 9.90 Å². The van der Waals surface area contributed by atoms with Crippen molar-refractivity contribution in [2.24, 2.45) is 0 Å². The average Bonchev–Trinajstić information content (AvgIpc) is 3.10. The summed E-state index contributed by atoms with van der Waals surface area (Å²) in [6, 6.07) is 7.36. The summed E-state index contributed by atoms with van der Waals surface area (Å²) >= 11 is 6.06. The van der Waals surface area contributed by atoms with Crippen LogP contribution in [0.2, 0.25) is 5.02 Å². The minimum atomic E-state index is -1.08. The van der Waals surface area contributed by atoms with Crippen LogP contribution < -0.4 is 26.2 Å². The average molecular weight is 495 g/mol. The molecule has 2 radical (unpaired) electrons. The molecule has 2 N–H and O–H groups in total. The number of hydrogen-bond donors (Lipinski definition) is 2. The summed E-state index contributed by atoms with van der Waals surface area (Å²) in [5, 5.41) is 16.9. The predicted octanol–water partition coefficient (Wildman–Crippen LogP) is -0.814. The number of carboxylic acids is 1. The van der Waals surface area contributed by atoms with Crippen LogP contribution in [-0.2, 0) is 0 Å². The molecule has 0 bridgehead atoms. The number of hydrogen-bond acceptors (Lipinski definition) is 5. The zero-order valence-electron chi connectivity index (χ0n) is 14.2. The van der Waals surface area contributed by atoms with E-state index in [0.29, 0.717) is 15.9 Å². The fraction of sp³-hybridized carbons (Fsp3) is 0.235. The number of aromatic carboxylic acids is 1. The Labute approximate surface area is 172 Å². The van der Waals surface area contributed by atoms with Gasteiger partial charge in [-0.25, -0.2) is 4.79 Å². The van der Waals surface area contributed by atoms with E-state index in [2.05, 4.69) is 23.2 Å². The van der Waals surface area contributed by atoms with Crippen LogP contribution in [0, 0.1) is 0 Å². The summed E-state index contributed by atoms with van der Waals surface area (Å²) in [5.74, 6) is -0.164. The molecule has 0 spiro atoms. The summed E-state index contributed by atoms with van der Waals surface area (Å²) < 4.78 is 2.31. The van der Waals surface area contributed by atoms with Gasteiger partial charge in [-0.3, -0.25) is 5.10 Å². The second-order valence-corrected chi connectivity index (χ2v) is 8.48. The number of rotatable bonds is 4. The fourth-order valence-corrected chi connectivity index (χ4v) is 4.42. The number of fused-ring (bicyclic) bond motifs is 1. The number of H-pyrrole nitrogens is 1. The normalized spacial score (nSPS) is 15.5. The van der Waals surface area contributed by atoms with E-state index in [0.717, 1.165) is 43.1 Å². The first-order valence-corrected chi connectivity index (χ1v) is 10.9. The van der Waals surface area contributed by atoms with Crippen molar-refractivity contribution in [3.63, 3.8) is 0 Å². The molecule has 138 valence electrons. The van der Waals surface area contributed by atoms with Gasteiger partial charge in [0.25, 0.3) is 0 Å². The van der Waals surface area contributed by atoms with Crippen molar-refractivity contribution in [3.8, 4) is 11.1 Å². The Balaban J connectivity index is 1.63.